The van der Waals surface area contributed by atoms with Crippen LogP contribution in [-0.2, 0) is 0 Å². The summed E-state index contributed by atoms with van der Waals surface area (Å²) in [5.74, 6) is 0. The highest BCUT2D eigenvalue weighted by atomic mass is 14.2. The second kappa shape index (κ2) is 11.8. The molecule has 0 heteroatoms. The topological polar surface area (TPSA) is 0 Å². The molecule has 224 valence electrons. The normalized spacial score (nSPS) is 11.3. The lowest BCUT2D eigenvalue weighted by atomic mass is 9.83. The van der Waals surface area contributed by atoms with Crippen molar-refractivity contribution in [1.82, 2.24) is 0 Å². The van der Waals surface area contributed by atoms with Crippen molar-refractivity contribution >= 4 is 32.3 Å². The summed E-state index contributed by atoms with van der Waals surface area (Å²) in [4.78, 5) is 0. The first-order valence-corrected chi connectivity index (χ1v) is 16.6. The summed E-state index contributed by atoms with van der Waals surface area (Å²) < 4.78 is 0. The monoisotopic (exact) mass is 608 g/mol. The van der Waals surface area contributed by atoms with Gasteiger partial charge < -0.3 is 0 Å². The van der Waals surface area contributed by atoms with Crippen molar-refractivity contribution < 1.29 is 0 Å². The molecule has 9 aromatic carbocycles. The first-order valence-electron chi connectivity index (χ1n) is 16.6. The van der Waals surface area contributed by atoms with Crippen LogP contribution in [0.25, 0.3) is 88.0 Å². The minimum absolute atomic E-state index is 1.20. The zero-order valence-electron chi connectivity index (χ0n) is 26.5. The van der Waals surface area contributed by atoms with Crippen LogP contribution >= 0.6 is 0 Å². The van der Waals surface area contributed by atoms with Crippen LogP contribution in [0.15, 0.2) is 194 Å². The van der Waals surface area contributed by atoms with E-state index in [1.807, 2.05) is 0 Å². The van der Waals surface area contributed by atoms with E-state index in [1.54, 1.807) is 0 Å². The van der Waals surface area contributed by atoms with Crippen LogP contribution in [0.4, 0.5) is 0 Å². The first-order chi connectivity index (χ1) is 23.8. The maximum absolute atomic E-state index is 2.43. The van der Waals surface area contributed by atoms with E-state index in [-0.39, 0.29) is 0 Å². The maximum atomic E-state index is 2.43. The largest absolute Gasteiger partial charge is 0.0622 e. The van der Waals surface area contributed by atoms with Gasteiger partial charge in [-0.2, -0.15) is 0 Å². The molecule has 0 amide bonds. The van der Waals surface area contributed by atoms with Crippen molar-refractivity contribution in [1.29, 1.82) is 0 Å². The Hall–Kier alpha value is -6.24. The highest BCUT2D eigenvalue weighted by Crippen LogP contribution is 2.46. The molecule has 0 radical (unpaired) electrons. The Balaban J connectivity index is 1.35. The van der Waals surface area contributed by atoms with Gasteiger partial charge in [-0.15, -0.1) is 0 Å². The summed E-state index contributed by atoms with van der Waals surface area (Å²) in [6.45, 7) is 0. The van der Waals surface area contributed by atoms with E-state index in [9.17, 15) is 0 Å². The van der Waals surface area contributed by atoms with E-state index in [0.717, 1.165) is 0 Å². The van der Waals surface area contributed by atoms with Crippen LogP contribution in [0.5, 0.6) is 0 Å². The van der Waals surface area contributed by atoms with Gasteiger partial charge in [-0.05, 0) is 100 Å². The van der Waals surface area contributed by atoms with E-state index in [4.69, 9.17) is 0 Å². The van der Waals surface area contributed by atoms with Crippen LogP contribution in [0, 0.1) is 0 Å². The molecule has 9 aromatic rings. The number of benzene rings is 9. The summed E-state index contributed by atoms with van der Waals surface area (Å²) in [5.41, 5.74) is 12.3. The summed E-state index contributed by atoms with van der Waals surface area (Å²) in [7, 11) is 0. The molecule has 0 spiro atoms. The lowest BCUT2D eigenvalue weighted by Gasteiger charge is -2.20. The van der Waals surface area contributed by atoms with Crippen LogP contribution in [0.3, 0.4) is 0 Å². The number of hydrogen-bond acceptors (Lipinski definition) is 0. The molecule has 0 heterocycles. The Bertz CT molecular complexity index is 2530. The number of hydrogen-bond donors (Lipinski definition) is 0. The van der Waals surface area contributed by atoms with Crippen LogP contribution in [-0.4, -0.2) is 0 Å². The Morgan fingerprint density at radius 3 is 1.35 bits per heavy atom. The van der Waals surface area contributed by atoms with Crippen molar-refractivity contribution in [2.75, 3.05) is 0 Å². The molecule has 0 saturated heterocycles. The highest BCUT2D eigenvalue weighted by molar-refractivity contribution is 6.21. The Labute approximate surface area is 281 Å². The quantitative estimate of drug-likeness (QED) is 0.171. The molecule has 0 aromatic heterocycles. The van der Waals surface area contributed by atoms with E-state index < -0.39 is 0 Å². The minimum atomic E-state index is 1.20. The number of rotatable bonds is 5. The Morgan fingerprint density at radius 1 is 0.208 bits per heavy atom. The van der Waals surface area contributed by atoms with Crippen LogP contribution in [0.2, 0.25) is 0 Å². The fourth-order valence-electron chi connectivity index (χ4n) is 7.49. The van der Waals surface area contributed by atoms with Crippen molar-refractivity contribution in [2.45, 2.75) is 0 Å². The van der Waals surface area contributed by atoms with Crippen molar-refractivity contribution in [2.24, 2.45) is 0 Å². The molecule has 0 bridgehead atoms. The second-order valence-corrected chi connectivity index (χ2v) is 12.4. The maximum Gasteiger partial charge on any atom is -0.00261 e. The molecule has 0 aliphatic rings. The van der Waals surface area contributed by atoms with Crippen molar-refractivity contribution in [3.05, 3.63) is 194 Å². The average Bonchev–Trinajstić information content (AvgIpc) is 3.17. The third-order valence-corrected chi connectivity index (χ3v) is 9.66. The Morgan fingerprint density at radius 2 is 0.688 bits per heavy atom. The van der Waals surface area contributed by atoms with E-state index in [2.05, 4.69) is 194 Å². The van der Waals surface area contributed by atoms with Gasteiger partial charge in [0.25, 0.3) is 0 Å². The van der Waals surface area contributed by atoms with E-state index >= 15 is 0 Å². The smallest absolute Gasteiger partial charge is 0.00261 e. The Kier molecular flexibility index (Phi) is 6.91. The highest BCUT2D eigenvalue weighted by Gasteiger charge is 2.19. The predicted molar refractivity (Wildman–Crippen MR) is 206 cm³/mol. The molecule has 0 aliphatic carbocycles. The zero-order valence-corrected chi connectivity index (χ0v) is 26.5. The van der Waals surface area contributed by atoms with Crippen LogP contribution in [0.1, 0.15) is 0 Å². The summed E-state index contributed by atoms with van der Waals surface area (Å²) >= 11 is 0. The van der Waals surface area contributed by atoms with Gasteiger partial charge in [-0.3, -0.25) is 0 Å². The van der Waals surface area contributed by atoms with Gasteiger partial charge in [0, 0.05) is 0 Å². The van der Waals surface area contributed by atoms with Gasteiger partial charge in [0.1, 0.15) is 0 Å². The molecule has 0 fully saturated rings. The fraction of sp³-hybridized carbons (Fsp3) is 0. The molecule has 0 aliphatic heterocycles. The van der Waals surface area contributed by atoms with Crippen molar-refractivity contribution in [3.63, 3.8) is 0 Å². The molecule has 48 heavy (non-hydrogen) atoms. The van der Waals surface area contributed by atoms with Crippen LogP contribution < -0.4 is 0 Å². The second-order valence-electron chi connectivity index (χ2n) is 12.4. The lowest BCUT2D eigenvalue weighted by Crippen LogP contribution is -1.93. The third-order valence-electron chi connectivity index (χ3n) is 9.66. The number of fused-ring (bicyclic) bond motifs is 3. The van der Waals surface area contributed by atoms with Gasteiger partial charge in [-0.1, -0.05) is 182 Å². The standard InChI is InChI=1S/C48H32/c1-3-15-33(16-4-1)36-21-13-22-37(31-36)46-32-38(29-30-41(46)40-28-14-20-34-17-7-8-23-39(34)40)48-44-26-11-9-24-42(44)47(35-18-5-2-6-19-35)43-25-10-12-27-45(43)48/h1-32H. The molecular weight excluding hydrogens is 577 g/mol. The molecule has 0 atom stereocenters. The van der Waals surface area contributed by atoms with Gasteiger partial charge in [0.15, 0.2) is 0 Å². The fourth-order valence-corrected chi connectivity index (χ4v) is 7.49. The van der Waals surface area contributed by atoms with Gasteiger partial charge in [-0.25, -0.2) is 0 Å². The third kappa shape index (κ3) is 4.78. The molecule has 0 nitrogen and oxygen atoms in total. The molecule has 9 rings (SSSR count). The molecule has 0 N–H and O–H groups in total. The lowest BCUT2D eigenvalue weighted by molar-refractivity contribution is 1.57. The molecule has 0 unspecified atom stereocenters. The first kappa shape index (κ1) is 28.0. The van der Waals surface area contributed by atoms with Gasteiger partial charge in [0.05, 0.1) is 0 Å². The predicted octanol–water partition coefficient (Wildman–Crippen LogP) is 13.5. The zero-order chi connectivity index (χ0) is 31.9. The summed E-state index contributed by atoms with van der Waals surface area (Å²) in [5, 5.41) is 7.56. The van der Waals surface area contributed by atoms with Crippen molar-refractivity contribution in [3.8, 4) is 55.6 Å². The molecular formula is C48H32. The SMILES string of the molecule is c1ccc(-c2cccc(-c3cc(-c4c5ccccc5c(-c5ccccc5)c5ccccc45)ccc3-c3cccc4ccccc34)c2)cc1. The van der Waals surface area contributed by atoms with E-state index in [1.165, 1.54) is 88.0 Å². The van der Waals surface area contributed by atoms with Gasteiger partial charge in [0.2, 0.25) is 0 Å². The average molecular weight is 609 g/mol. The molecule has 0 saturated carbocycles. The van der Waals surface area contributed by atoms with Gasteiger partial charge >= 0.3 is 0 Å². The summed E-state index contributed by atoms with van der Waals surface area (Å²) in [6, 6.07) is 70.8. The van der Waals surface area contributed by atoms with E-state index in [0.29, 0.717) is 0 Å². The minimum Gasteiger partial charge on any atom is -0.0622 e. The summed E-state index contributed by atoms with van der Waals surface area (Å²) in [6.07, 6.45) is 0.